The van der Waals surface area contributed by atoms with E-state index in [2.05, 4.69) is 17.1 Å². The third-order valence-corrected chi connectivity index (χ3v) is 4.65. The van der Waals surface area contributed by atoms with Crippen molar-refractivity contribution in [3.8, 4) is 0 Å². The van der Waals surface area contributed by atoms with Crippen LogP contribution in [0.3, 0.4) is 0 Å². The molecular formula is C18H26N4O2. The van der Waals surface area contributed by atoms with Crippen LogP contribution in [0, 0.1) is 5.92 Å². The van der Waals surface area contributed by atoms with E-state index in [1.54, 1.807) is 0 Å². The quantitative estimate of drug-likeness (QED) is 0.638. The average Bonchev–Trinajstić information content (AvgIpc) is 2.99. The van der Waals surface area contributed by atoms with Crippen LogP contribution in [0.5, 0.6) is 0 Å². The SMILES string of the molecule is NC(=NCC1CC(=O)N(CCc2ccccc2)C1)N1CCOCC1. The first-order valence-corrected chi connectivity index (χ1v) is 8.66. The normalized spacial score (nSPS) is 22.2. The van der Waals surface area contributed by atoms with Gasteiger partial charge >= 0.3 is 0 Å². The number of amides is 1. The van der Waals surface area contributed by atoms with Gasteiger partial charge in [-0.3, -0.25) is 9.79 Å². The van der Waals surface area contributed by atoms with Gasteiger partial charge in [-0.15, -0.1) is 0 Å². The van der Waals surface area contributed by atoms with Crippen LogP contribution in [0.25, 0.3) is 0 Å². The van der Waals surface area contributed by atoms with Crippen LogP contribution in [-0.4, -0.2) is 67.6 Å². The lowest BCUT2D eigenvalue weighted by molar-refractivity contribution is -0.127. The van der Waals surface area contributed by atoms with Gasteiger partial charge < -0.3 is 20.3 Å². The Labute approximate surface area is 143 Å². The van der Waals surface area contributed by atoms with E-state index < -0.39 is 0 Å². The molecular weight excluding hydrogens is 304 g/mol. The minimum atomic E-state index is 0.232. The lowest BCUT2D eigenvalue weighted by atomic mass is 10.1. The van der Waals surface area contributed by atoms with Gasteiger partial charge in [0.05, 0.1) is 13.2 Å². The van der Waals surface area contributed by atoms with Crippen molar-refractivity contribution in [1.29, 1.82) is 0 Å². The van der Waals surface area contributed by atoms with Crippen molar-refractivity contribution in [3.05, 3.63) is 35.9 Å². The summed E-state index contributed by atoms with van der Waals surface area (Å²) in [5.74, 6) is 1.08. The second-order valence-corrected chi connectivity index (χ2v) is 6.44. The Morgan fingerprint density at radius 1 is 1.25 bits per heavy atom. The molecule has 2 aliphatic heterocycles. The minimum absolute atomic E-state index is 0.232. The molecule has 2 N–H and O–H groups in total. The molecule has 1 atom stereocenters. The first-order chi connectivity index (χ1) is 11.7. The number of rotatable bonds is 5. The van der Waals surface area contributed by atoms with E-state index in [1.165, 1.54) is 5.56 Å². The Kier molecular flexibility index (Phi) is 5.69. The number of aliphatic imine (C=N–C) groups is 1. The molecule has 0 bridgehead atoms. The van der Waals surface area contributed by atoms with Crippen molar-refractivity contribution in [2.24, 2.45) is 16.6 Å². The standard InChI is InChI=1S/C18H26N4O2/c19-18(21-8-10-24-11-9-21)20-13-16-12-17(23)22(14-16)7-6-15-4-2-1-3-5-15/h1-5,16H,6-14H2,(H2,19,20). The number of morpholine rings is 1. The van der Waals surface area contributed by atoms with Crippen molar-refractivity contribution < 1.29 is 9.53 Å². The van der Waals surface area contributed by atoms with Crippen molar-refractivity contribution in [1.82, 2.24) is 9.80 Å². The average molecular weight is 330 g/mol. The lowest BCUT2D eigenvalue weighted by Gasteiger charge is -2.27. The summed E-state index contributed by atoms with van der Waals surface area (Å²) in [4.78, 5) is 20.7. The van der Waals surface area contributed by atoms with Crippen LogP contribution < -0.4 is 5.73 Å². The van der Waals surface area contributed by atoms with E-state index in [0.717, 1.165) is 32.6 Å². The van der Waals surface area contributed by atoms with Crippen molar-refractivity contribution >= 4 is 11.9 Å². The summed E-state index contributed by atoms with van der Waals surface area (Å²) in [7, 11) is 0. The summed E-state index contributed by atoms with van der Waals surface area (Å²) in [6.45, 7) is 5.17. The largest absolute Gasteiger partial charge is 0.378 e. The highest BCUT2D eigenvalue weighted by Gasteiger charge is 2.29. The molecule has 6 heteroatoms. The molecule has 1 aromatic carbocycles. The molecule has 24 heavy (non-hydrogen) atoms. The number of nitrogens with zero attached hydrogens (tertiary/aromatic N) is 3. The van der Waals surface area contributed by atoms with E-state index in [9.17, 15) is 4.79 Å². The van der Waals surface area contributed by atoms with E-state index in [4.69, 9.17) is 10.5 Å². The van der Waals surface area contributed by atoms with E-state index in [0.29, 0.717) is 32.1 Å². The molecule has 0 aliphatic carbocycles. The molecule has 0 saturated carbocycles. The maximum Gasteiger partial charge on any atom is 0.223 e. The summed E-state index contributed by atoms with van der Waals surface area (Å²) >= 11 is 0. The van der Waals surface area contributed by atoms with Gasteiger partial charge in [-0.05, 0) is 12.0 Å². The summed E-state index contributed by atoms with van der Waals surface area (Å²) in [5.41, 5.74) is 7.32. The molecule has 130 valence electrons. The molecule has 2 saturated heterocycles. The molecule has 0 spiro atoms. The zero-order valence-corrected chi connectivity index (χ0v) is 14.1. The molecule has 0 radical (unpaired) electrons. The number of guanidine groups is 1. The Morgan fingerprint density at radius 3 is 2.75 bits per heavy atom. The van der Waals surface area contributed by atoms with Crippen LogP contribution in [0.2, 0.25) is 0 Å². The molecule has 3 rings (SSSR count). The smallest absolute Gasteiger partial charge is 0.223 e. The second-order valence-electron chi connectivity index (χ2n) is 6.44. The van der Waals surface area contributed by atoms with Crippen LogP contribution in [0.1, 0.15) is 12.0 Å². The minimum Gasteiger partial charge on any atom is -0.378 e. The number of hydrogen-bond acceptors (Lipinski definition) is 3. The third kappa shape index (κ3) is 4.47. The van der Waals surface area contributed by atoms with Gasteiger partial charge in [0.2, 0.25) is 5.91 Å². The van der Waals surface area contributed by atoms with Crippen molar-refractivity contribution in [2.75, 3.05) is 45.9 Å². The molecule has 6 nitrogen and oxygen atoms in total. The molecule has 2 fully saturated rings. The van der Waals surface area contributed by atoms with Crippen LogP contribution in [0.4, 0.5) is 0 Å². The number of carbonyl (C=O) groups is 1. The Bertz CT molecular complexity index is 570. The van der Waals surface area contributed by atoms with Gasteiger partial charge in [0.1, 0.15) is 0 Å². The highest BCUT2D eigenvalue weighted by Crippen LogP contribution is 2.18. The van der Waals surface area contributed by atoms with E-state index >= 15 is 0 Å². The van der Waals surface area contributed by atoms with E-state index in [-0.39, 0.29) is 11.8 Å². The first kappa shape index (κ1) is 16.8. The number of hydrogen-bond donors (Lipinski definition) is 1. The lowest BCUT2D eigenvalue weighted by Crippen LogP contribution is -2.45. The first-order valence-electron chi connectivity index (χ1n) is 8.66. The predicted octanol–water partition coefficient (Wildman–Crippen LogP) is 0.724. The highest BCUT2D eigenvalue weighted by molar-refractivity contribution is 5.79. The molecule has 1 unspecified atom stereocenters. The maximum atomic E-state index is 12.2. The van der Waals surface area contributed by atoms with Gasteiger partial charge in [0.15, 0.2) is 5.96 Å². The fourth-order valence-corrected chi connectivity index (χ4v) is 3.22. The second kappa shape index (κ2) is 8.15. The fourth-order valence-electron chi connectivity index (χ4n) is 3.22. The van der Waals surface area contributed by atoms with E-state index in [1.807, 2.05) is 28.0 Å². The number of ether oxygens (including phenoxy) is 1. The maximum absolute atomic E-state index is 12.2. The number of carbonyl (C=O) groups excluding carboxylic acids is 1. The van der Waals surface area contributed by atoms with Gasteiger partial charge in [0, 0.05) is 45.1 Å². The van der Waals surface area contributed by atoms with Gasteiger partial charge in [-0.2, -0.15) is 0 Å². The number of likely N-dealkylation sites (tertiary alicyclic amines) is 1. The Morgan fingerprint density at radius 2 is 2.00 bits per heavy atom. The summed E-state index contributed by atoms with van der Waals surface area (Å²) in [6, 6.07) is 10.3. The molecule has 1 amide bonds. The van der Waals surface area contributed by atoms with Crippen molar-refractivity contribution in [3.63, 3.8) is 0 Å². The summed E-state index contributed by atoms with van der Waals surface area (Å²) < 4.78 is 5.32. The molecule has 0 aromatic heterocycles. The topological polar surface area (TPSA) is 71.2 Å². The molecule has 2 heterocycles. The summed E-state index contributed by atoms with van der Waals surface area (Å²) in [5, 5.41) is 0. The third-order valence-electron chi connectivity index (χ3n) is 4.65. The molecule has 1 aromatic rings. The fraction of sp³-hybridized carbons (Fsp3) is 0.556. The van der Waals surface area contributed by atoms with Crippen LogP contribution in [-0.2, 0) is 16.0 Å². The van der Waals surface area contributed by atoms with Gasteiger partial charge in [-0.1, -0.05) is 30.3 Å². The van der Waals surface area contributed by atoms with Crippen LogP contribution >= 0.6 is 0 Å². The highest BCUT2D eigenvalue weighted by atomic mass is 16.5. The zero-order valence-electron chi connectivity index (χ0n) is 14.1. The monoisotopic (exact) mass is 330 g/mol. The van der Waals surface area contributed by atoms with Crippen LogP contribution in [0.15, 0.2) is 35.3 Å². The number of benzene rings is 1. The van der Waals surface area contributed by atoms with Gasteiger partial charge in [0.25, 0.3) is 0 Å². The zero-order chi connectivity index (χ0) is 16.8. The number of nitrogens with two attached hydrogens (primary N) is 1. The van der Waals surface area contributed by atoms with Gasteiger partial charge in [-0.25, -0.2) is 0 Å². The summed E-state index contributed by atoms with van der Waals surface area (Å²) in [6.07, 6.45) is 1.48. The Balaban J connectivity index is 1.45. The predicted molar refractivity (Wildman–Crippen MR) is 93.7 cm³/mol. The molecule has 2 aliphatic rings. The van der Waals surface area contributed by atoms with Crippen molar-refractivity contribution in [2.45, 2.75) is 12.8 Å². The Hall–Kier alpha value is -2.08.